The number of aliphatic imine (C=N–C) groups is 1. The van der Waals surface area contributed by atoms with Crippen molar-refractivity contribution >= 4 is 46.3 Å². The number of nitrogens with zero attached hydrogens (tertiary/aromatic N) is 3. The van der Waals surface area contributed by atoms with E-state index in [1.54, 1.807) is 20.1 Å². The molecular weight excluding hydrogens is 506 g/mol. The Kier molecular flexibility index (Phi) is 6.43. The lowest BCUT2D eigenvalue weighted by atomic mass is 9.85. The molecule has 0 bridgehead atoms. The van der Waals surface area contributed by atoms with E-state index < -0.39 is 21.9 Å². The number of halogens is 3. The molecule has 1 saturated heterocycles. The van der Waals surface area contributed by atoms with Crippen molar-refractivity contribution < 1.29 is 18.3 Å². The summed E-state index contributed by atoms with van der Waals surface area (Å²) in [6.07, 6.45) is 6.21. The van der Waals surface area contributed by atoms with Gasteiger partial charge >= 0.3 is 0 Å². The van der Waals surface area contributed by atoms with Crippen LogP contribution in [0.25, 0.3) is 11.9 Å². The molecule has 3 aliphatic rings. The molecule has 0 radical (unpaired) electrons. The summed E-state index contributed by atoms with van der Waals surface area (Å²) in [6, 6.07) is 7.28. The average Bonchev–Trinajstić information content (AvgIpc) is 3.43. The number of methoxy groups -OCH3 is 1. The van der Waals surface area contributed by atoms with Gasteiger partial charge in [0.05, 0.1) is 23.4 Å². The molecule has 1 aliphatic carbocycles. The Morgan fingerprint density at radius 2 is 2.19 bits per heavy atom. The highest BCUT2D eigenvalue weighted by atomic mass is 35.5. The fourth-order valence-corrected chi connectivity index (χ4v) is 6.43. The van der Waals surface area contributed by atoms with E-state index in [1.807, 2.05) is 11.0 Å². The molecule has 10 heteroatoms. The minimum absolute atomic E-state index is 0.00581. The van der Waals surface area contributed by atoms with Gasteiger partial charge in [-0.2, -0.15) is 0 Å². The zero-order valence-corrected chi connectivity index (χ0v) is 21.4. The lowest BCUT2D eigenvalue weighted by molar-refractivity contribution is -0.132. The minimum Gasteiger partial charge on any atom is -0.383 e. The van der Waals surface area contributed by atoms with Crippen LogP contribution in [0.4, 0.5) is 8.78 Å². The number of pyridine rings is 1. The maximum absolute atomic E-state index is 15.2. The third-order valence-corrected chi connectivity index (χ3v) is 8.24. The van der Waals surface area contributed by atoms with E-state index in [4.69, 9.17) is 22.1 Å². The van der Waals surface area contributed by atoms with Crippen molar-refractivity contribution in [2.24, 2.45) is 10.7 Å². The van der Waals surface area contributed by atoms with Gasteiger partial charge in [0, 0.05) is 25.4 Å². The summed E-state index contributed by atoms with van der Waals surface area (Å²) < 4.78 is 34.4. The van der Waals surface area contributed by atoms with Gasteiger partial charge in [-0.25, -0.2) is 13.8 Å². The largest absolute Gasteiger partial charge is 0.383 e. The number of carbonyl (C=O) groups excluding carboxylic acids is 1. The number of hydrogen-bond acceptors (Lipinski definition) is 6. The second-order valence-corrected chi connectivity index (χ2v) is 11.0. The molecule has 0 saturated carbocycles. The van der Waals surface area contributed by atoms with Crippen LogP contribution in [-0.2, 0) is 15.1 Å². The Balaban J connectivity index is 1.48. The molecule has 2 N–H and O–H groups in total. The monoisotopic (exact) mass is 530 g/mol. The van der Waals surface area contributed by atoms with Crippen LogP contribution in [0.1, 0.15) is 36.6 Å². The maximum Gasteiger partial charge on any atom is 0.247 e. The first kappa shape index (κ1) is 24.9. The Morgan fingerprint density at radius 3 is 2.92 bits per heavy atom. The number of carbonyl (C=O) groups is 1. The molecule has 3 atom stereocenters. The van der Waals surface area contributed by atoms with Crippen LogP contribution >= 0.6 is 23.4 Å². The Hall–Kier alpha value is -2.75. The summed E-state index contributed by atoms with van der Waals surface area (Å²) >= 11 is 7.02. The van der Waals surface area contributed by atoms with Gasteiger partial charge in [-0.05, 0) is 61.2 Å². The average molecular weight is 531 g/mol. The highest BCUT2D eigenvalue weighted by Gasteiger charge is 2.64. The van der Waals surface area contributed by atoms with Gasteiger partial charge in [0.1, 0.15) is 21.9 Å². The van der Waals surface area contributed by atoms with E-state index in [9.17, 15) is 9.18 Å². The van der Waals surface area contributed by atoms with Crippen molar-refractivity contribution in [1.29, 1.82) is 0 Å². The van der Waals surface area contributed by atoms with Crippen LogP contribution in [0.15, 0.2) is 53.2 Å². The molecule has 0 unspecified atom stereocenters. The van der Waals surface area contributed by atoms with Crippen molar-refractivity contribution in [2.45, 2.75) is 36.1 Å². The minimum atomic E-state index is -1.20. The molecule has 36 heavy (non-hydrogen) atoms. The van der Waals surface area contributed by atoms with Gasteiger partial charge in [-0.15, -0.1) is 0 Å². The fraction of sp³-hybridized carbons (Fsp3) is 0.346. The second-order valence-electron chi connectivity index (χ2n) is 9.26. The predicted octanol–water partition coefficient (Wildman–Crippen LogP) is 4.93. The number of amidine groups is 1. The maximum atomic E-state index is 15.2. The van der Waals surface area contributed by atoms with Gasteiger partial charge in [-0.3, -0.25) is 9.78 Å². The van der Waals surface area contributed by atoms with Gasteiger partial charge in [0.2, 0.25) is 5.91 Å². The first-order chi connectivity index (χ1) is 17.2. The third-order valence-electron chi connectivity index (χ3n) is 6.88. The number of fused-ring (bicyclic) bond motifs is 1. The number of rotatable bonds is 6. The fourth-order valence-electron chi connectivity index (χ4n) is 5.07. The van der Waals surface area contributed by atoms with E-state index in [0.717, 1.165) is 12.8 Å². The van der Waals surface area contributed by atoms with Crippen LogP contribution in [-0.4, -0.2) is 52.0 Å². The van der Waals surface area contributed by atoms with Crippen LogP contribution in [0.3, 0.4) is 0 Å². The molecule has 188 valence electrons. The first-order valence-electron chi connectivity index (χ1n) is 11.6. The summed E-state index contributed by atoms with van der Waals surface area (Å²) in [5.74, 6) is -1.19. The van der Waals surface area contributed by atoms with Gasteiger partial charge < -0.3 is 15.4 Å². The second kappa shape index (κ2) is 9.28. The molecule has 1 amide bonds. The molecule has 1 aromatic heterocycles. The number of amides is 1. The lowest BCUT2D eigenvalue weighted by Crippen LogP contribution is -2.48. The SMILES string of the molecule is COC[C@@H]1CCCN1C(=O)[C@]12C=C1[C@@](C)(c1cc(/C=C(\F)c3ccc(Cl)cn3)ccc1F)N=C(N)S2. The molecule has 2 aromatic rings. The van der Waals surface area contributed by atoms with Crippen LogP contribution in [0, 0.1) is 5.82 Å². The molecule has 1 aromatic carbocycles. The Labute approximate surface area is 217 Å². The van der Waals surface area contributed by atoms with Crippen LogP contribution in [0.2, 0.25) is 5.02 Å². The summed E-state index contributed by atoms with van der Waals surface area (Å²) in [4.78, 5) is 24.1. The first-order valence-corrected chi connectivity index (χ1v) is 12.7. The van der Waals surface area contributed by atoms with Crippen molar-refractivity contribution in [2.75, 3.05) is 20.3 Å². The van der Waals surface area contributed by atoms with E-state index in [0.29, 0.717) is 29.3 Å². The topological polar surface area (TPSA) is 80.8 Å². The molecule has 5 rings (SSSR count). The highest BCUT2D eigenvalue weighted by molar-refractivity contribution is 8.16. The number of thioether (sulfide) groups is 1. The molecule has 0 spiro atoms. The summed E-state index contributed by atoms with van der Waals surface area (Å²) in [6.45, 7) is 2.83. The quantitative estimate of drug-likeness (QED) is 0.535. The molecule has 1 fully saturated rings. The van der Waals surface area contributed by atoms with Gasteiger partial charge in [-0.1, -0.05) is 35.5 Å². The molecule has 3 heterocycles. The Morgan fingerprint density at radius 1 is 1.39 bits per heavy atom. The number of benzene rings is 1. The standard InChI is InChI=1S/C26H25ClF2N4O2S/c1-25(18-10-15(5-7-19(18)28)11-20(29)21-8-6-16(27)13-31-21)22-12-26(22,36-24(30)32-25)23(34)33-9-3-4-17(33)14-35-2/h5-8,10-13,17H,3-4,9,14H2,1-2H3,(H2,30,32)/b20-11-/t17-,25+,26-/m0/s1. The summed E-state index contributed by atoms with van der Waals surface area (Å²) in [5.41, 5.74) is 6.43. The molecular formula is C26H25ClF2N4O2S. The zero-order valence-electron chi connectivity index (χ0n) is 19.8. The van der Waals surface area contributed by atoms with Crippen molar-refractivity contribution in [3.8, 4) is 0 Å². The normalized spacial score (nSPS) is 27.4. The van der Waals surface area contributed by atoms with Crippen LogP contribution in [0.5, 0.6) is 0 Å². The number of aromatic nitrogens is 1. The lowest BCUT2D eigenvalue weighted by Gasteiger charge is -2.36. The highest BCUT2D eigenvalue weighted by Crippen LogP contribution is 2.61. The van der Waals surface area contributed by atoms with E-state index in [-0.39, 0.29) is 28.4 Å². The molecule has 2 aliphatic heterocycles. The van der Waals surface area contributed by atoms with Crippen molar-refractivity contribution in [1.82, 2.24) is 9.88 Å². The van der Waals surface area contributed by atoms with E-state index >= 15 is 4.39 Å². The number of hydrogen-bond donors (Lipinski definition) is 1. The van der Waals surface area contributed by atoms with E-state index in [1.165, 1.54) is 48.3 Å². The van der Waals surface area contributed by atoms with Gasteiger partial charge in [0.25, 0.3) is 0 Å². The van der Waals surface area contributed by atoms with Crippen molar-refractivity contribution in [3.63, 3.8) is 0 Å². The van der Waals surface area contributed by atoms with Crippen LogP contribution < -0.4 is 5.73 Å². The third kappa shape index (κ3) is 4.23. The predicted molar refractivity (Wildman–Crippen MR) is 139 cm³/mol. The zero-order chi connectivity index (χ0) is 25.7. The summed E-state index contributed by atoms with van der Waals surface area (Å²) in [7, 11) is 1.62. The number of nitrogens with two attached hydrogens (primary N) is 1. The smallest absolute Gasteiger partial charge is 0.247 e. The van der Waals surface area contributed by atoms with Crippen molar-refractivity contribution in [3.05, 3.63) is 75.8 Å². The number of likely N-dealkylation sites (tertiary alicyclic amines) is 1. The van der Waals surface area contributed by atoms with Gasteiger partial charge in [0.15, 0.2) is 5.17 Å². The summed E-state index contributed by atoms with van der Waals surface area (Å²) in [5, 5.41) is 0.593. The Bertz CT molecular complexity index is 1320. The number of ether oxygens (including phenoxy) is 1. The molecule has 6 nitrogen and oxygen atoms in total. The van der Waals surface area contributed by atoms with E-state index in [2.05, 4.69) is 9.98 Å².